The molecule has 1 atom stereocenters. The van der Waals surface area contributed by atoms with Gasteiger partial charge in [0.1, 0.15) is 16.8 Å². The lowest BCUT2D eigenvalue weighted by Gasteiger charge is -2.33. The normalized spacial score (nSPS) is 17.0. The van der Waals surface area contributed by atoms with Gasteiger partial charge in [0.25, 0.3) is 0 Å². The van der Waals surface area contributed by atoms with Crippen molar-refractivity contribution in [3.63, 3.8) is 0 Å². The molecule has 1 aromatic carbocycles. The maximum absolute atomic E-state index is 9.68. The van der Waals surface area contributed by atoms with Crippen molar-refractivity contribution in [3.8, 4) is 11.8 Å². The van der Waals surface area contributed by atoms with E-state index in [2.05, 4.69) is 47.8 Å². The van der Waals surface area contributed by atoms with Crippen molar-refractivity contribution in [1.82, 2.24) is 0 Å². The number of hydrogen-bond donors (Lipinski definition) is 0. The third-order valence-electron chi connectivity index (χ3n) is 5.17. The van der Waals surface area contributed by atoms with Gasteiger partial charge < -0.3 is 4.74 Å². The summed E-state index contributed by atoms with van der Waals surface area (Å²) in [5.74, 6) is 1.49. The van der Waals surface area contributed by atoms with Gasteiger partial charge in [-0.1, -0.05) is 20.8 Å². The molecule has 1 aliphatic carbocycles. The third kappa shape index (κ3) is 4.44. The summed E-state index contributed by atoms with van der Waals surface area (Å²) >= 11 is 5.22. The largest absolute Gasteiger partial charge is 0.493 e. The molecule has 142 valence electrons. The number of hydrogen-bond acceptors (Lipinski definition) is 4. The summed E-state index contributed by atoms with van der Waals surface area (Å²) in [5.41, 5.74) is 3.27. The molecule has 1 aromatic heterocycles. The minimum Gasteiger partial charge on any atom is -0.493 e. The number of ether oxygens (including phenoxy) is 1. The highest BCUT2D eigenvalue weighted by Gasteiger charge is 2.32. The molecule has 3 nitrogen and oxygen atoms in total. The Morgan fingerprint density at radius 1 is 1.41 bits per heavy atom. The molecular weight excluding hydrogens is 420 g/mol. The molecule has 0 bridgehead atoms. The monoisotopic (exact) mass is 444 g/mol. The minimum atomic E-state index is 0.298. The van der Waals surface area contributed by atoms with Crippen molar-refractivity contribution < 1.29 is 4.74 Å². The molecule has 1 aliphatic rings. The van der Waals surface area contributed by atoms with Crippen LogP contribution in [0.5, 0.6) is 5.75 Å². The maximum Gasteiger partial charge on any atom is 0.134 e. The summed E-state index contributed by atoms with van der Waals surface area (Å²) in [6, 6.07) is 8.31. The molecule has 2 aromatic rings. The number of nitriles is 1. The standard InChI is InChI=1S/C22H25BrN2OS/c1-5-26-19-9-6-14(10-18(19)23)13-25-21-17(12-24)16-8-7-15(22(2,3)4)11-20(16)27-21/h6,9-10,13,15H,5,7-8,11H2,1-4H3/t15-/m1/s1. The zero-order chi connectivity index (χ0) is 19.6. The highest BCUT2D eigenvalue weighted by Crippen LogP contribution is 2.44. The first-order chi connectivity index (χ1) is 12.8. The molecule has 0 spiro atoms. The van der Waals surface area contributed by atoms with Crippen LogP contribution in [0.4, 0.5) is 5.00 Å². The summed E-state index contributed by atoms with van der Waals surface area (Å²) in [5, 5.41) is 10.5. The van der Waals surface area contributed by atoms with E-state index in [4.69, 9.17) is 4.74 Å². The first-order valence-electron chi connectivity index (χ1n) is 9.34. The molecule has 0 aliphatic heterocycles. The second-order valence-corrected chi connectivity index (χ2v) is 9.92. The molecule has 5 heteroatoms. The molecule has 1 heterocycles. The van der Waals surface area contributed by atoms with E-state index in [1.165, 1.54) is 10.4 Å². The van der Waals surface area contributed by atoms with Crippen LogP contribution in [-0.4, -0.2) is 12.8 Å². The lowest BCUT2D eigenvalue weighted by atomic mass is 9.72. The van der Waals surface area contributed by atoms with Crippen LogP contribution in [0.3, 0.4) is 0 Å². The fourth-order valence-electron chi connectivity index (χ4n) is 3.52. The van der Waals surface area contributed by atoms with Gasteiger partial charge >= 0.3 is 0 Å². The van der Waals surface area contributed by atoms with E-state index in [0.29, 0.717) is 17.9 Å². The van der Waals surface area contributed by atoms with Gasteiger partial charge in [0, 0.05) is 11.1 Å². The summed E-state index contributed by atoms with van der Waals surface area (Å²) in [7, 11) is 0. The molecule has 0 amide bonds. The molecule has 0 unspecified atom stereocenters. The number of rotatable bonds is 4. The topological polar surface area (TPSA) is 45.4 Å². The smallest absolute Gasteiger partial charge is 0.134 e. The number of aliphatic imine (C=N–C) groups is 1. The Labute approximate surface area is 174 Å². The maximum atomic E-state index is 9.68. The predicted octanol–water partition coefficient (Wildman–Crippen LogP) is 6.68. The zero-order valence-electron chi connectivity index (χ0n) is 16.3. The van der Waals surface area contributed by atoms with Crippen LogP contribution in [0.1, 0.15) is 55.7 Å². The van der Waals surface area contributed by atoms with Crippen molar-refractivity contribution in [2.75, 3.05) is 6.61 Å². The van der Waals surface area contributed by atoms with Crippen LogP contribution >= 0.6 is 27.3 Å². The minimum absolute atomic E-state index is 0.298. The lowest BCUT2D eigenvalue weighted by molar-refractivity contribution is 0.218. The number of thiophene rings is 1. The molecule has 0 N–H and O–H groups in total. The van der Waals surface area contributed by atoms with Crippen molar-refractivity contribution in [1.29, 1.82) is 5.26 Å². The number of benzene rings is 1. The molecule has 27 heavy (non-hydrogen) atoms. The van der Waals surface area contributed by atoms with Crippen molar-refractivity contribution in [2.24, 2.45) is 16.3 Å². The number of fused-ring (bicyclic) bond motifs is 1. The quantitative estimate of drug-likeness (QED) is 0.493. The first kappa shape index (κ1) is 20.1. The third-order valence-corrected chi connectivity index (χ3v) is 6.95. The Balaban J connectivity index is 1.86. The molecular formula is C22H25BrN2OS. The van der Waals surface area contributed by atoms with Crippen LogP contribution in [-0.2, 0) is 12.8 Å². The second-order valence-electron chi connectivity index (χ2n) is 7.98. The van der Waals surface area contributed by atoms with Crippen LogP contribution in [0.15, 0.2) is 27.7 Å². The van der Waals surface area contributed by atoms with E-state index in [1.807, 2.05) is 31.3 Å². The Bertz CT molecular complexity index is 902. The summed E-state index contributed by atoms with van der Waals surface area (Å²) in [6.45, 7) is 9.53. The van der Waals surface area contributed by atoms with Crippen LogP contribution < -0.4 is 4.74 Å². The van der Waals surface area contributed by atoms with E-state index in [1.54, 1.807) is 11.3 Å². The van der Waals surface area contributed by atoms with Gasteiger partial charge in [0.15, 0.2) is 0 Å². The summed E-state index contributed by atoms with van der Waals surface area (Å²) < 4.78 is 6.46. The number of nitrogens with zero attached hydrogens (tertiary/aromatic N) is 2. The second kappa shape index (κ2) is 8.16. The molecule has 0 fully saturated rings. The Kier molecular flexibility index (Phi) is 6.08. The van der Waals surface area contributed by atoms with Gasteiger partial charge in [-0.2, -0.15) is 5.26 Å². The van der Waals surface area contributed by atoms with Crippen LogP contribution in [0.2, 0.25) is 0 Å². The van der Waals surface area contributed by atoms with E-state index in [9.17, 15) is 5.26 Å². The van der Waals surface area contributed by atoms with E-state index in [0.717, 1.165) is 45.6 Å². The van der Waals surface area contributed by atoms with Gasteiger partial charge in [0.2, 0.25) is 0 Å². The van der Waals surface area contributed by atoms with E-state index < -0.39 is 0 Å². The zero-order valence-corrected chi connectivity index (χ0v) is 18.7. The average Bonchev–Trinajstić information content (AvgIpc) is 2.98. The summed E-state index contributed by atoms with van der Waals surface area (Å²) in [4.78, 5) is 6.01. The highest BCUT2D eigenvalue weighted by molar-refractivity contribution is 9.10. The van der Waals surface area contributed by atoms with Gasteiger partial charge in [-0.3, -0.25) is 0 Å². The van der Waals surface area contributed by atoms with E-state index in [-0.39, 0.29) is 0 Å². The van der Waals surface area contributed by atoms with Crippen LogP contribution in [0.25, 0.3) is 0 Å². The molecule has 0 radical (unpaired) electrons. The number of halogens is 1. The van der Waals surface area contributed by atoms with Gasteiger partial charge in [-0.15, -0.1) is 11.3 Å². The Morgan fingerprint density at radius 3 is 2.81 bits per heavy atom. The Hall–Kier alpha value is -1.64. The van der Waals surface area contributed by atoms with Crippen LogP contribution in [0, 0.1) is 22.7 Å². The van der Waals surface area contributed by atoms with Crippen molar-refractivity contribution >= 4 is 38.5 Å². The SMILES string of the molecule is CCOc1ccc(C=Nc2sc3c(c2C#N)CC[C@@H](C(C)(C)C)C3)cc1Br. The molecule has 3 rings (SSSR count). The average molecular weight is 445 g/mol. The van der Waals surface area contributed by atoms with Gasteiger partial charge in [-0.25, -0.2) is 4.99 Å². The molecule has 0 saturated carbocycles. The lowest BCUT2D eigenvalue weighted by Crippen LogP contribution is -2.26. The van der Waals surface area contributed by atoms with Gasteiger partial charge in [0.05, 0.1) is 16.6 Å². The summed E-state index contributed by atoms with van der Waals surface area (Å²) in [6.07, 6.45) is 5.03. The van der Waals surface area contributed by atoms with Gasteiger partial charge in [-0.05, 0) is 82.8 Å². The fraction of sp³-hybridized carbons (Fsp3) is 0.455. The Morgan fingerprint density at radius 2 is 2.19 bits per heavy atom. The predicted molar refractivity (Wildman–Crippen MR) is 117 cm³/mol. The van der Waals surface area contributed by atoms with E-state index >= 15 is 0 Å². The van der Waals surface area contributed by atoms with Crippen molar-refractivity contribution in [2.45, 2.75) is 47.0 Å². The first-order valence-corrected chi connectivity index (χ1v) is 11.0. The fourth-order valence-corrected chi connectivity index (χ4v) is 5.25. The van der Waals surface area contributed by atoms with Crippen molar-refractivity contribution in [3.05, 3.63) is 44.2 Å². The highest BCUT2D eigenvalue weighted by atomic mass is 79.9. The molecule has 0 saturated heterocycles.